The molecular formula is C16H32N2O. The Bertz CT molecular complexity index is 231. The predicted molar refractivity (Wildman–Crippen MR) is 80.5 cm³/mol. The third-order valence-corrected chi connectivity index (χ3v) is 4.56. The molecule has 3 nitrogen and oxygen atoms in total. The van der Waals surface area contributed by atoms with Crippen LogP contribution in [0.2, 0.25) is 0 Å². The minimum absolute atomic E-state index is 0.531. The molecule has 0 amide bonds. The number of ether oxygens (including phenoxy) is 1. The van der Waals surface area contributed by atoms with Gasteiger partial charge in [0.05, 0.1) is 6.10 Å². The molecule has 0 aromatic heterocycles. The van der Waals surface area contributed by atoms with Gasteiger partial charge in [0.1, 0.15) is 0 Å². The van der Waals surface area contributed by atoms with Gasteiger partial charge in [-0.2, -0.15) is 0 Å². The van der Waals surface area contributed by atoms with Crippen molar-refractivity contribution in [3.63, 3.8) is 0 Å². The van der Waals surface area contributed by atoms with Crippen LogP contribution in [0.25, 0.3) is 0 Å². The maximum atomic E-state index is 6.00. The van der Waals surface area contributed by atoms with E-state index in [2.05, 4.69) is 24.1 Å². The number of piperidine rings is 2. The third kappa shape index (κ3) is 5.80. The summed E-state index contributed by atoms with van der Waals surface area (Å²) in [5.74, 6) is 1.69. The molecule has 1 N–H and O–H groups in total. The Balaban J connectivity index is 1.56. The van der Waals surface area contributed by atoms with Gasteiger partial charge in [0.15, 0.2) is 0 Å². The van der Waals surface area contributed by atoms with Gasteiger partial charge in [-0.15, -0.1) is 0 Å². The second-order valence-corrected chi connectivity index (χ2v) is 6.75. The monoisotopic (exact) mass is 268 g/mol. The zero-order valence-corrected chi connectivity index (χ0v) is 12.9. The molecule has 2 rings (SSSR count). The van der Waals surface area contributed by atoms with Crippen molar-refractivity contribution in [1.29, 1.82) is 0 Å². The fourth-order valence-corrected chi connectivity index (χ4v) is 3.16. The zero-order chi connectivity index (χ0) is 13.5. The molecule has 112 valence electrons. The van der Waals surface area contributed by atoms with Crippen molar-refractivity contribution in [3.8, 4) is 0 Å². The van der Waals surface area contributed by atoms with E-state index >= 15 is 0 Å². The van der Waals surface area contributed by atoms with Crippen LogP contribution in [0.1, 0.15) is 46.0 Å². The van der Waals surface area contributed by atoms with Gasteiger partial charge >= 0.3 is 0 Å². The summed E-state index contributed by atoms with van der Waals surface area (Å²) in [6, 6.07) is 0. The van der Waals surface area contributed by atoms with Crippen molar-refractivity contribution in [1.82, 2.24) is 10.2 Å². The normalized spacial score (nSPS) is 24.2. The molecule has 2 aliphatic rings. The summed E-state index contributed by atoms with van der Waals surface area (Å²) >= 11 is 0. The largest absolute Gasteiger partial charge is 0.378 e. The van der Waals surface area contributed by atoms with E-state index in [9.17, 15) is 0 Å². The fourth-order valence-electron chi connectivity index (χ4n) is 3.16. The first-order valence-electron chi connectivity index (χ1n) is 8.28. The van der Waals surface area contributed by atoms with Gasteiger partial charge in [-0.1, -0.05) is 13.8 Å². The van der Waals surface area contributed by atoms with Crippen LogP contribution in [-0.2, 0) is 4.74 Å². The van der Waals surface area contributed by atoms with Crippen molar-refractivity contribution in [2.45, 2.75) is 52.1 Å². The van der Waals surface area contributed by atoms with Crippen molar-refractivity contribution in [3.05, 3.63) is 0 Å². The molecule has 0 atom stereocenters. The van der Waals surface area contributed by atoms with E-state index in [0.29, 0.717) is 6.10 Å². The lowest BCUT2D eigenvalue weighted by Crippen LogP contribution is -2.42. The van der Waals surface area contributed by atoms with E-state index in [4.69, 9.17) is 4.74 Å². The SMILES string of the molecule is CC(C)CCOC1CCN(CC2CCNCC2)CC1. The highest BCUT2D eigenvalue weighted by molar-refractivity contribution is 4.77. The van der Waals surface area contributed by atoms with Crippen LogP contribution in [0, 0.1) is 11.8 Å². The van der Waals surface area contributed by atoms with Gasteiger partial charge in [0.25, 0.3) is 0 Å². The van der Waals surface area contributed by atoms with Crippen molar-refractivity contribution in [2.75, 3.05) is 39.3 Å². The molecule has 2 saturated heterocycles. The molecule has 0 aromatic carbocycles. The Kier molecular flexibility index (Phi) is 6.62. The van der Waals surface area contributed by atoms with E-state index in [1.807, 2.05) is 0 Å². The molecule has 0 aromatic rings. The molecule has 19 heavy (non-hydrogen) atoms. The molecule has 0 radical (unpaired) electrons. The minimum atomic E-state index is 0.531. The van der Waals surface area contributed by atoms with Gasteiger partial charge in [-0.3, -0.25) is 0 Å². The molecule has 0 bridgehead atoms. The van der Waals surface area contributed by atoms with Crippen LogP contribution >= 0.6 is 0 Å². The molecule has 0 aliphatic carbocycles. The van der Waals surface area contributed by atoms with E-state index in [0.717, 1.165) is 18.4 Å². The predicted octanol–water partition coefficient (Wildman–Crippen LogP) is 2.51. The minimum Gasteiger partial charge on any atom is -0.378 e. The Labute approximate surface area is 119 Å². The number of hydrogen-bond donors (Lipinski definition) is 1. The molecule has 0 saturated carbocycles. The maximum absolute atomic E-state index is 6.00. The zero-order valence-electron chi connectivity index (χ0n) is 12.9. The molecule has 2 heterocycles. The highest BCUT2D eigenvalue weighted by Crippen LogP contribution is 2.19. The standard InChI is InChI=1S/C16H32N2O/c1-14(2)7-12-19-16-5-10-18(11-6-16)13-15-3-8-17-9-4-15/h14-17H,3-13H2,1-2H3. The highest BCUT2D eigenvalue weighted by Gasteiger charge is 2.22. The first-order valence-corrected chi connectivity index (χ1v) is 8.28. The van der Waals surface area contributed by atoms with Crippen molar-refractivity contribution < 1.29 is 4.74 Å². The number of nitrogens with one attached hydrogen (secondary N) is 1. The molecule has 0 unspecified atom stereocenters. The van der Waals surface area contributed by atoms with Crippen LogP contribution in [0.15, 0.2) is 0 Å². The maximum Gasteiger partial charge on any atom is 0.0599 e. The number of rotatable bonds is 6. The van der Waals surface area contributed by atoms with Crippen LogP contribution in [-0.4, -0.2) is 50.3 Å². The summed E-state index contributed by atoms with van der Waals surface area (Å²) < 4.78 is 6.00. The van der Waals surface area contributed by atoms with Gasteiger partial charge in [-0.05, 0) is 57.0 Å². The molecule has 2 aliphatic heterocycles. The average Bonchev–Trinajstić information content (AvgIpc) is 2.42. The molecule has 2 fully saturated rings. The summed E-state index contributed by atoms with van der Waals surface area (Å²) in [4.78, 5) is 2.66. The summed E-state index contributed by atoms with van der Waals surface area (Å²) in [5, 5.41) is 3.45. The Hall–Kier alpha value is -0.120. The average molecular weight is 268 g/mol. The van der Waals surface area contributed by atoms with Gasteiger partial charge in [0.2, 0.25) is 0 Å². The number of nitrogens with zero attached hydrogens (tertiary/aromatic N) is 1. The first-order chi connectivity index (χ1) is 9.24. The lowest BCUT2D eigenvalue weighted by Gasteiger charge is -2.35. The van der Waals surface area contributed by atoms with Crippen LogP contribution in [0.5, 0.6) is 0 Å². The second-order valence-electron chi connectivity index (χ2n) is 6.75. The quantitative estimate of drug-likeness (QED) is 0.801. The smallest absolute Gasteiger partial charge is 0.0599 e. The van der Waals surface area contributed by atoms with E-state index < -0.39 is 0 Å². The van der Waals surface area contributed by atoms with Gasteiger partial charge in [-0.25, -0.2) is 0 Å². The number of hydrogen-bond acceptors (Lipinski definition) is 3. The fraction of sp³-hybridized carbons (Fsp3) is 1.00. The molecule has 0 spiro atoms. The van der Waals surface area contributed by atoms with Crippen molar-refractivity contribution >= 4 is 0 Å². The van der Waals surface area contributed by atoms with Crippen LogP contribution in [0.4, 0.5) is 0 Å². The summed E-state index contributed by atoms with van der Waals surface area (Å²) in [6.07, 6.45) is 6.94. The summed E-state index contributed by atoms with van der Waals surface area (Å²) in [7, 11) is 0. The topological polar surface area (TPSA) is 24.5 Å². The van der Waals surface area contributed by atoms with Gasteiger partial charge in [0, 0.05) is 26.2 Å². The summed E-state index contributed by atoms with van der Waals surface area (Å²) in [5.41, 5.74) is 0. The second kappa shape index (κ2) is 8.23. The van der Waals surface area contributed by atoms with Crippen LogP contribution in [0.3, 0.4) is 0 Å². The Morgan fingerprint density at radius 2 is 1.79 bits per heavy atom. The van der Waals surface area contributed by atoms with E-state index in [1.54, 1.807) is 0 Å². The highest BCUT2D eigenvalue weighted by atomic mass is 16.5. The van der Waals surface area contributed by atoms with E-state index in [1.165, 1.54) is 64.8 Å². The third-order valence-electron chi connectivity index (χ3n) is 4.56. The number of likely N-dealkylation sites (tertiary alicyclic amines) is 1. The Morgan fingerprint density at radius 3 is 2.42 bits per heavy atom. The lowest BCUT2D eigenvalue weighted by molar-refractivity contribution is -0.000286. The van der Waals surface area contributed by atoms with Crippen LogP contribution < -0.4 is 5.32 Å². The lowest BCUT2D eigenvalue weighted by atomic mass is 9.96. The van der Waals surface area contributed by atoms with Gasteiger partial charge < -0.3 is 15.0 Å². The molecular weight excluding hydrogens is 236 g/mol. The first kappa shape index (κ1) is 15.3. The van der Waals surface area contributed by atoms with Crippen molar-refractivity contribution in [2.24, 2.45) is 11.8 Å². The Morgan fingerprint density at radius 1 is 1.11 bits per heavy atom. The summed E-state index contributed by atoms with van der Waals surface area (Å²) in [6.45, 7) is 11.7. The van der Waals surface area contributed by atoms with E-state index in [-0.39, 0.29) is 0 Å². The molecule has 3 heteroatoms.